The van der Waals surface area contributed by atoms with Crippen LogP contribution in [0.3, 0.4) is 0 Å². The number of nitrogens with zero attached hydrogens (tertiary/aromatic N) is 1. The monoisotopic (exact) mass is 622 g/mol. The molecule has 8 nitrogen and oxygen atoms in total. The van der Waals surface area contributed by atoms with Gasteiger partial charge in [-0.25, -0.2) is 9.69 Å². The molecule has 208 valence electrons. The number of hydrogen-bond donors (Lipinski definition) is 1. The van der Waals surface area contributed by atoms with E-state index in [4.69, 9.17) is 60.6 Å². The van der Waals surface area contributed by atoms with Gasteiger partial charge in [0.15, 0.2) is 5.75 Å². The van der Waals surface area contributed by atoms with Gasteiger partial charge in [0.25, 0.3) is 11.8 Å². The van der Waals surface area contributed by atoms with E-state index in [0.29, 0.717) is 33.5 Å². The van der Waals surface area contributed by atoms with Gasteiger partial charge in [0.1, 0.15) is 23.7 Å². The number of carbonyl (C=O) groups is 3. The van der Waals surface area contributed by atoms with Crippen molar-refractivity contribution in [3.8, 4) is 17.2 Å². The van der Waals surface area contributed by atoms with Crippen molar-refractivity contribution in [2.24, 2.45) is 0 Å². The molecule has 1 fully saturated rings. The SMILES string of the molecule is CCOc1ccc(OCC)c(N2C(=O)NC(=O)/C(=C\c3cc(Cl)c(OCc4ccc(Cl)cc4Cl)c(Cl)c3)C2=O)c1. The van der Waals surface area contributed by atoms with Gasteiger partial charge >= 0.3 is 6.03 Å². The largest absolute Gasteiger partial charge is 0.494 e. The summed E-state index contributed by atoms with van der Waals surface area (Å²) in [7, 11) is 0. The second-order valence-corrected chi connectivity index (χ2v) is 9.95. The zero-order valence-corrected chi connectivity index (χ0v) is 24.2. The van der Waals surface area contributed by atoms with Crippen LogP contribution in [0.15, 0.2) is 54.1 Å². The van der Waals surface area contributed by atoms with Crippen LogP contribution in [0.25, 0.3) is 6.08 Å². The number of nitrogens with one attached hydrogen (secondary N) is 1. The van der Waals surface area contributed by atoms with Crippen LogP contribution in [0.2, 0.25) is 20.1 Å². The van der Waals surface area contributed by atoms with Gasteiger partial charge in [-0.1, -0.05) is 52.5 Å². The number of carbonyl (C=O) groups excluding carboxylic acids is 3. The third-order valence-electron chi connectivity index (χ3n) is 5.60. The number of hydrogen-bond acceptors (Lipinski definition) is 6. The number of amides is 4. The minimum Gasteiger partial charge on any atom is -0.494 e. The fraction of sp³-hybridized carbons (Fsp3) is 0.179. The van der Waals surface area contributed by atoms with Gasteiger partial charge in [-0.2, -0.15) is 0 Å². The quantitative estimate of drug-likeness (QED) is 0.198. The highest BCUT2D eigenvalue weighted by atomic mass is 35.5. The Morgan fingerprint density at radius 3 is 2.17 bits per heavy atom. The van der Waals surface area contributed by atoms with E-state index in [1.54, 1.807) is 44.2 Å². The van der Waals surface area contributed by atoms with Crippen LogP contribution in [0.5, 0.6) is 17.2 Å². The molecule has 40 heavy (non-hydrogen) atoms. The fourth-order valence-electron chi connectivity index (χ4n) is 3.84. The van der Waals surface area contributed by atoms with Crippen LogP contribution in [0, 0.1) is 0 Å². The van der Waals surface area contributed by atoms with Crippen molar-refractivity contribution >= 4 is 76.0 Å². The summed E-state index contributed by atoms with van der Waals surface area (Å²) in [6.45, 7) is 4.27. The summed E-state index contributed by atoms with van der Waals surface area (Å²) in [5.74, 6) is -0.889. The molecule has 4 rings (SSSR count). The van der Waals surface area contributed by atoms with Crippen molar-refractivity contribution in [3.05, 3.63) is 85.3 Å². The van der Waals surface area contributed by atoms with Crippen molar-refractivity contribution in [2.75, 3.05) is 18.1 Å². The third-order valence-corrected chi connectivity index (χ3v) is 6.75. The molecular weight excluding hydrogens is 602 g/mol. The molecule has 0 aliphatic carbocycles. The Balaban J connectivity index is 1.65. The predicted octanol–water partition coefficient (Wildman–Crippen LogP) is 7.34. The normalized spacial score (nSPS) is 14.4. The van der Waals surface area contributed by atoms with Crippen LogP contribution in [-0.2, 0) is 16.2 Å². The van der Waals surface area contributed by atoms with Crippen LogP contribution < -0.4 is 24.4 Å². The highest BCUT2D eigenvalue weighted by Crippen LogP contribution is 2.38. The van der Waals surface area contributed by atoms with E-state index >= 15 is 0 Å². The average molecular weight is 624 g/mol. The van der Waals surface area contributed by atoms with Gasteiger partial charge in [-0.3, -0.25) is 14.9 Å². The van der Waals surface area contributed by atoms with Crippen LogP contribution in [0.4, 0.5) is 10.5 Å². The second kappa shape index (κ2) is 12.8. The molecule has 1 saturated heterocycles. The number of halogens is 4. The maximum absolute atomic E-state index is 13.5. The lowest BCUT2D eigenvalue weighted by Crippen LogP contribution is -2.54. The molecule has 0 atom stereocenters. The third kappa shape index (κ3) is 6.47. The topological polar surface area (TPSA) is 94.2 Å². The van der Waals surface area contributed by atoms with Gasteiger partial charge < -0.3 is 14.2 Å². The van der Waals surface area contributed by atoms with Gasteiger partial charge in [-0.05, 0) is 61.9 Å². The summed E-state index contributed by atoms with van der Waals surface area (Å²) >= 11 is 25.0. The number of imide groups is 2. The van der Waals surface area contributed by atoms with Gasteiger partial charge in [0, 0.05) is 21.7 Å². The standard InChI is InChI=1S/C28H22Cl4N2O6/c1-3-38-18-7-8-24(39-4-2)23(13-18)34-27(36)19(26(35)33-28(34)37)9-15-10-21(31)25(22(32)11-15)40-14-16-5-6-17(29)12-20(16)30/h5-13H,3-4,14H2,1-2H3,(H,33,35,37)/b19-9+. The van der Waals surface area contributed by atoms with E-state index in [2.05, 4.69) is 5.32 Å². The van der Waals surface area contributed by atoms with E-state index < -0.39 is 17.8 Å². The molecule has 0 spiro atoms. The molecule has 0 bridgehead atoms. The number of ether oxygens (including phenoxy) is 3. The predicted molar refractivity (Wildman–Crippen MR) is 155 cm³/mol. The van der Waals surface area contributed by atoms with Crippen molar-refractivity contribution in [2.45, 2.75) is 20.5 Å². The Morgan fingerprint density at radius 2 is 1.52 bits per heavy atom. The van der Waals surface area contributed by atoms with Crippen molar-refractivity contribution in [3.63, 3.8) is 0 Å². The zero-order chi connectivity index (χ0) is 29.0. The molecule has 1 N–H and O–H groups in total. The molecule has 0 saturated carbocycles. The molecule has 1 heterocycles. The highest BCUT2D eigenvalue weighted by molar-refractivity contribution is 6.40. The van der Waals surface area contributed by atoms with E-state index in [-0.39, 0.29) is 46.0 Å². The molecule has 0 aromatic heterocycles. The molecule has 0 unspecified atom stereocenters. The summed E-state index contributed by atoms with van der Waals surface area (Å²) in [6, 6.07) is 11.7. The Bertz CT molecular complexity index is 1500. The summed E-state index contributed by atoms with van der Waals surface area (Å²) < 4.78 is 16.9. The number of urea groups is 1. The Kier molecular flexibility index (Phi) is 9.48. The molecule has 1 aliphatic heterocycles. The first-order valence-corrected chi connectivity index (χ1v) is 13.5. The lowest BCUT2D eigenvalue weighted by Gasteiger charge is -2.28. The maximum atomic E-state index is 13.5. The molecule has 12 heteroatoms. The van der Waals surface area contributed by atoms with Crippen LogP contribution in [0.1, 0.15) is 25.0 Å². The number of rotatable bonds is 9. The molecule has 3 aromatic rings. The molecule has 1 aliphatic rings. The fourth-order valence-corrected chi connectivity index (χ4v) is 4.91. The minimum atomic E-state index is -0.928. The first-order chi connectivity index (χ1) is 19.1. The summed E-state index contributed by atoms with van der Waals surface area (Å²) in [4.78, 5) is 39.8. The maximum Gasteiger partial charge on any atom is 0.336 e. The van der Waals surface area contributed by atoms with Crippen molar-refractivity contribution < 1.29 is 28.6 Å². The summed E-state index contributed by atoms with van der Waals surface area (Å²) in [5.41, 5.74) is 0.790. The average Bonchev–Trinajstić information content (AvgIpc) is 2.88. The van der Waals surface area contributed by atoms with Crippen molar-refractivity contribution in [1.82, 2.24) is 5.32 Å². The van der Waals surface area contributed by atoms with Crippen LogP contribution >= 0.6 is 46.4 Å². The van der Waals surface area contributed by atoms with E-state index in [1.807, 2.05) is 0 Å². The van der Waals surface area contributed by atoms with Gasteiger partial charge in [0.05, 0.1) is 28.9 Å². The Hall–Kier alpha value is -3.43. The van der Waals surface area contributed by atoms with E-state index in [9.17, 15) is 14.4 Å². The van der Waals surface area contributed by atoms with Crippen molar-refractivity contribution in [1.29, 1.82) is 0 Å². The summed E-state index contributed by atoms with van der Waals surface area (Å²) in [6.07, 6.45) is 1.28. The van der Waals surface area contributed by atoms with Crippen LogP contribution in [-0.4, -0.2) is 31.1 Å². The Labute approximate surface area is 250 Å². The first-order valence-electron chi connectivity index (χ1n) is 12.0. The van der Waals surface area contributed by atoms with E-state index in [1.165, 1.54) is 24.3 Å². The minimum absolute atomic E-state index is 0.0663. The smallest absolute Gasteiger partial charge is 0.336 e. The number of barbiturate groups is 1. The first kappa shape index (κ1) is 29.6. The molecule has 3 aromatic carbocycles. The van der Waals surface area contributed by atoms with E-state index in [0.717, 1.165) is 4.90 Å². The van der Waals surface area contributed by atoms with Gasteiger partial charge in [-0.15, -0.1) is 0 Å². The van der Waals surface area contributed by atoms with Gasteiger partial charge in [0.2, 0.25) is 0 Å². The number of benzene rings is 3. The second-order valence-electron chi connectivity index (χ2n) is 8.29. The Morgan fingerprint density at radius 1 is 0.825 bits per heavy atom. The highest BCUT2D eigenvalue weighted by Gasteiger charge is 2.38. The lowest BCUT2D eigenvalue weighted by molar-refractivity contribution is -0.122. The summed E-state index contributed by atoms with van der Waals surface area (Å²) in [5, 5.41) is 3.35. The molecule has 4 amide bonds. The lowest BCUT2D eigenvalue weighted by atomic mass is 10.1. The molecular formula is C28H22Cl4N2O6. The zero-order valence-electron chi connectivity index (χ0n) is 21.2. The number of anilines is 1. The molecule has 0 radical (unpaired) electrons.